The van der Waals surface area contributed by atoms with E-state index in [4.69, 9.17) is 0 Å². The van der Waals surface area contributed by atoms with Crippen LogP contribution >= 0.6 is 12.4 Å². The van der Waals surface area contributed by atoms with Gasteiger partial charge in [0.05, 0.1) is 27.2 Å². The Bertz CT molecular complexity index is 839. The fourth-order valence-corrected chi connectivity index (χ4v) is 9.03. The van der Waals surface area contributed by atoms with E-state index in [0.717, 1.165) is 48.3 Å². The first-order valence-corrected chi connectivity index (χ1v) is 15.8. The monoisotopic (exact) mass is 568 g/mol. The molecule has 5 nitrogen and oxygen atoms in total. The van der Waals surface area contributed by atoms with Crippen LogP contribution in [0.1, 0.15) is 112 Å². The molecule has 0 radical (unpaired) electrons. The van der Waals surface area contributed by atoms with E-state index in [0.29, 0.717) is 15.3 Å². The molecule has 9 atom stereocenters. The number of allylic oxidation sites excluding steroid dienone is 1. The number of carbonyl (C=O) groups excluding carboxylic acids is 1. The Morgan fingerprint density at radius 3 is 2.28 bits per heavy atom. The number of carbonyl (C=O) groups is 1. The summed E-state index contributed by atoms with van der Waals surface area (Å²) in [5.74, 6) is 5.46. The molecule has 39 heavy (non-hydrogen) atoms. The van der Waals surface area contributed by atoms with Crippen LogP contribution < -0.4 is 10.4 Å². The minimum atomic E-state index is -1.22. The summed E-state index contributed by atoms with van der Waals surface area (Å²) in [6.07, 6.45) is 15.8. The lowest BCUT2D eigenvalue weighted by molar-refractivity contribution is -0.896. The van der Waals surface area contributed by atoms with Gasteiger partial charge in [-0.3, -0.25) is 0 Å². The minimum Gasteiger partial charge on any atom is -0.530 e. The topological polar surface area (TPSA) is 72.4 Å². The van der Waals surface area contributed by atoms with Gasteiger partial charge >= 0.3 is 0 Å². The van der Waals surface area contributed by atoms with E-state index in [2.05, 4.69) is 46.0 Å². The summed E-state index contributed by atoms with van der Waals surface area (Å²) in [7, 11) is 5.71. The van der Waals surface area contributed by atoms with E-state index in [-0.39, 0.29) is 24.7 Å². The van der Waals surface area contributed by atoms with Crippen molar-refractivity contribution in [2.45, 2.75) is 124 Å². The minimum absolute atomic E-state index is 0. The normalized spacial score (nSPS) is 37.1. The van der Waals surface area contributed by atoms with Crippen molar-refractivity contribution in [2.75, 3.05) is 21.1 Å². The molecule has 6 heteroatoms. The summed E-state index contributed by atoms with van der Waals surface area (Å²) >= 11 is 0. The molecule has 0 aromatic carbocycles. The second-order valence-corrected chi connectivity index (χ2v) is 15.4. The van der Waals surface area contributed by atoms with Crippen molar-refractivity contribution in [1.82, 2.24) is 5.32 Å². The lowest BCUT2D eigenvalue weighted by atomic mass is 9.47. The van der Waals surface area contributed by atoms with Crippen molar-refractivity contribution >= 4 is 18.5 Å². The fraction of sp³-hybridized carbons (Fsp3) is 0.909. The van der Waals surface area contributed by atoms with Gasteiger partial charge in [-0.15, -0.1) is 12.4 Å². The summed E-state index contributed by atoms with van der Waals surface area (Å²) in [4.78, 5) is 10.0. The van der Waals surface area contributed by atoms with E-state index < -0.39 is 6.09 Å². The highest BCUT2D eigenvalue weighted by Gasteiger charge is 2.59. The molecular formula is C33H61ClN2O3. The molecule has 4 aliphatic carbocycles. The molecule has 0 aromatic rings. The first-order valence-electron chi connectivity index (χ1n) is 15.8. The molecule has 2 N–H and O–H groups in total. The van der Waals surface area contributed by atoms with Crippen LogP contribution in [-0.4, -0.2) is 49.1 Å². The van der Waals surface area contributed by atoms with Crippen LogP contribution in [0.5, 0.6) is 0 Å². The summed E-state index contributed by atoms with van der Waals surface area (Å²) in [6, 6.07) is 0. The number of halogens is 1. The number of rotatable bonds is 7. The molecule has 1 unspecified atom stereocenters. The molecule has 0 saturated heterocycles. The standard InChI is InChI=1S/C27H46O.C6H14N2O2.ClH/c1-18(2)7-6-8-19(3)23-11-12-24-22-10-9-20-17-21(28)13-15-26(20,4)25(22)14-16-27(23,24)5;1-5(7-6(9)10)8(2,3)4;/h9,18-19,21-25,28H,6-8,10-17H2,1-5H3;5,7H,1-4H3;1H/t19-,21+,22+,23-,24+,25+,26+,27-;;/m1../s1. The van der Waals surface area contributed by atoms with Gasteiger partial charge in [-0.25, -0.2) is 0 Å². The average Bonchev–Trinajstić information content (AvgIpc) is 3.16. The van der Waals surface area contributed by atoms with E-state index >= 15 is 0 Å². The van der Waals surface area contributed by atoms with Crippen molar-refractivity contribution in [3.05, 3.63) is 11.6 Å². The van der Waals surface area contributed by atoms with Crippen LogP contribution in [0.15, 0.2) is 11.6 Å². The maximum atomic E-state index is 10.2. The molecule has 4 aliphatic rings. The summed E-state index contributed by atoms with van der Waals surface area (Å²) in [5.41, 5.74) is 2.60. The number of carboxylic acid groups (broad SMARTS) is 1. The van der Waals surface area contributed by atoms with Crippen molar-refractivity contribution in [1.29, 1.82) is 0 Å². The average molecular weight is 569 g/mol. The molecule has 3 saturated carbocycles. The number of hydrogen-bond donors (Lipinski definition) is 2. The third-order valence-corrected chi connectivity index (χ3v) is 11.8. The highest BCUT2D eigenvalue weighted by molar-refractivity contribution is 5.85. The Morgan fingerprint density at radius 2 is 1.72 bits per heavy atom. The van der Waals surface area contributed by atoms with E-state index in [1.807, 2.05) is 21.1 Å². The zero-order valence-corrected chi connectivity index (χ0v) is 27.4. The molecule has 0 spiro atoms. The van der Waals surface area contributed by atoms with Gasteiger partial charge in [0.15, 0.2) is 6.17 Å². The first-order chi connectivity index (χ1) is 17.6. The molecule has 3 fully saturated rings. The molecule has 0 bridgehead atoms. The van der Waals surface area contributed by atoms with Gasteiger partial charge in [-0.1, -0.05) is 65.5 Å². The molecular weight excluding hydrogens is 508 g/mol. The number of quaternary nitrogens is 1. The van der Waals surface area contributed by atoms with Crippen LogP contribution in [0.2, 0.25) is 0 Å². The number of aliphatic hydroxyl groups excluding tert-OH is 1. The van der Waals surface area contributed by atoms with Crippen molar-refractivity contribution in [2.24, 2.45) is 46.3 Å². The third kappa shape index (κ3) is 7.74. The predicted molar refractivity (Wildman–Crippen MR) is 162 cm³/mol. The van der Waals surface area contributed by atoms with Gasteiger partial charge in [0.25, 0.3) is 0 Å². The molecule has 228 valence electrons. The van der Waals surface area contributed by atoms with Crippen LogP contribution in [0.25, 0.3) is 0 Å². The Labute approximate surface area is 246 Å². The number of amides is 1. The van der Waals surface area contributed by atoms with Crippen molar-refractivity contribution in [3.8, 4) is 0 Å². The smallest absolute Gasteiger partial charge is 0.159 e. The quantitative estimate of drug-likeness (QED) is 0.202. The van der Waals surface area contributed by atoms with Crippen LogP contribution in [0, 0.1) is 46.3 Å². The Kier molecular flexibility index (Phi) is 11.9. The predicted octanol–water partition coefficient (Wildman–Crippen LogP) is 6.78. The Balaban J connectivity index is 0.000000417. The first kappa shape index (κ1) is 34.4. The second-order valence-electron chi connectivity index (χ2n) is 15.4. The Hall–Kier alpha value is -0.780. The van der Waals surface area contributed by atoms with Crippen LogP contribution in [0.3, 0.4) is 0 Å². The maximum Gasteiger partial charge on any atom is 0.159 e. The zero-order valence-electron chi connectivity index (χ0n) is 26.6. The van der Waals surface area contributed by atoms with Gasteiger partial charge in [0, 0.05) is 6.92 Å². The molecule has 0 heterocycles. The third-order valence-electron chi connectivity index (χ3n) is 11.8. The lowest BCUT2D eigenvalue weighted by Gasteiger charge is -2.58. The van der Waals surface area contributed by atoms with Gasteiger partial charge in [0.2, 0.25) is 0 Å². The Morgan fingerprint density at radius 1 is 1.05 bits per heavy atom. The van der Waals surface area contributed by atoms with Crippen molar-refractivity contribution in [3.63, 3.8) is 0 Å². The highest BCUT2D eigenvalue weighted by Crippen LogP contribution is 2.67. The summed E-state index contributed by atoms with van der Waals surface area (Å²) in [5, 5.41) is 22.5. The van der Waals surface area contributed by atoms with Gasteiger partial charge in [-0.05, 0) is 97.7 Å². The number of aliphatic hydroxyl groups is 1. The van der Waals surface area contributed by atoms with E-state index in [9.17, 15) is 15.0 Å². The molecule has 4 rings (SSSR count). The van der Waals surface area contributed by atoms with Crippen LogP contribution in [0.4, 0.5) is 4.79 Å². The zero-order chi connectivity index (χ0) is 28.5. The molecule has 0 aliphatic heterocycles. The summed E-state index contributed by atoms with van der Waals surface area (Å²) < 4.78 is 0.550. The number of hydrogen-bond acceptors (Lipinski definition) is 3. The maximum absolute atomic E-state index is 10.2. The highest BCUT2D eigenvalue weighted by atomic mass is 35.5. The van der Waals surface area contributed by atoms with E-state index in [1.165, 1.54) is 57.8 Å². The van der Waals surface area contributed by atoms with Gasteiger partial charge < -0.3 is 24.8 Å². The van der Waals surface area contributed by atoms with Crippen molar-refractivity contribution < 1.29 is 19.5 Å². The van der Waals surface area contributed by atoms with Crippen LogP contribution in [-0.2, 0) is 0 Å². The van der Waals surface area contributed by atoms with E-state index in [1.54, 1.807) is 12.5 Å². The SMILES string of the molecule is CC(C)CCC[C@@H](C)[C@H]1CC[C@H]2[C@@H]3CC=C4C[C@@H](O)CC[C@]4(C)[C@H]3CC[C@]12C.CC(NC(=O)[O-])[N+](C)(C)C.Cl. The molecule has 1 amide bonds. The number of nitrogens with one attached hydrogen (secondary N) is 1. The lowest BCUT2D eigenvalue weighted by Crippen LogP contribution is -2.56. The second kappa shape index (κ2) is 13.5. The largest absolute Gasteiger partial charge is 0.530 e. The fourth-order valence-electron chi connectivity index (χ4n) is 9.03. The summed E-state index contributed by atoms with van der Waals surface area (Å²) in [6.45, 7) is 14.4. The number of fused-ring (bicyclic) bond motifs is 5. The van der Waals surface area contributed by atoms with Gasteiger partial charge in [0.1, 0.15) is 6.09 Å². The van der Waals surface area contributed by atoms with Gasteiger partial charge in [-0.2, -0.15) is 0 Å². The molecule has 0 aromatic heterocycles. The number of nitrogens with zero attached hydrogens (tertiary/aromatic N) is 1.